The molecule has 1 heterocycles. The standard InChI is InChI=1S/C14H17F2N3O2/c1-8-4-9(7-18(8)10-2-3-10)17-13-6-14(19(20)21)12(16)5-11(13)15/h5-6,8-10,17H,2-4,7H2,1H3. The van der Waals surface area contributed by atoms with E-state index in [-0.39, 0.29) is 11.7 Å². The molecule has 0 spiro atoms. The zero-order valence-corrected chi connectivity index (χ0v) is 11.7. The lowest BCUT2D eigenvalue weighted by Gasteiger charge is -2.20. The van der Waals surface area contributed by atoms with Crippen molar-refractivity contribution in [3.05, 3.63) is 33.9 Å². The SMILES string of the molecule is CC1CC(Nc2cc([N+](=O)[O-])c(F)cc2F)CN1C1CC1. The average molecular weight is 297 g/mol. The zero-order valence-electron chi connectivity index (χ0n) is 11.7. The van der Waals surface area contributed by atoms with Crippen LogP contribution in [0, 0.1) is 21.7 Å². The summed E-state index contributed by atoms with van der Waals surface area (Å²) in [6.07, 6.45) is 3.25. The molecule has 21 heavy (non-hydrogen) atoms. The Morgan fingerprint density at radius 3 is 2.67 bits per heavy atom. The smallest absolute Gasteiger partial charge is 0.307 e. The van der Waals surface area contributed by atoms with Crippen molar-refractivity contribution in [1.29, 1.82) is 0 Å². The van der Waals surface area contributed by atoms with Gasteiger partial charge in [0.15, 0.2) is 0 Å². The first-order valence-electron chi connectivity index (χ1n) is 7.11. The number of nitrogens with zero attached hydrogens (tertiary/aromatic N) is 2. The fourth-order valence-corrected chi connectivity index (χ4v) is 3.08. The summed E-state index contributed by atoms with van der Waals surface area (Å²) in [6, 6.07) is 2.57. The molecule has 0 radical (unpaired) electrons. The fraction of sp³-hybridized carbons (Fsp3) is 0.571. The molecule has 1 N–H and O–H groups in total. The number of likely N-dealkylation sites (tertiary alicyclic amines) is 1. The number of rotatable bonds is 4. The Kier molecular flexibility index (Phi) is 3.52. The molecule has 5 nitrogen and oxygen atoms in total. The van der Waals surface area contributed by atoms with Crippen LogP contribution in [0.25, 0.3) is 0 Å². The molecular weight excluding hydrogens is 280 g/mol. The van der Waals surface area contributed by atoms with Gasteiger partial charge in [-0.1, -0.05) is 0 Å². The zero-order chi connectivity index (χ0) is 15.1. The molecule has 1 saturated heterocycles. The molecule has 2 fully saturated rings. The van der Waals surface area contributed by atoms with Gasteiger partial charge in [0.25, 0.3) is 0 Å². The summed E-state index contributed by atoms with van der Waals surface area (Å²) < 4.78 is 27.1. The lowest BCUT2D eigenvalue weighted by molar-refractivity contribution is -0.387. The molecule has 2 atom stereocenters. The molecule has 0 aromatic heterocycles. The maximum atomic E-state index is 13.8. The number of anilines is 1. The van der Waals surface area contributed by atoms with Crippen molar-refractivity contribution in [1.82, 2.24) is 4.90 Å². The minimum Gasteiger partial charge on any atom is -0.378 e. The third kappa shape index (κ3) is 2.83. The second kappa shape index (κ2) is 5.22. The van der Waals surface area contributed by atoms with Gasteiger partial charge in [0.05, 0.1) is 10.6 Å². The molecule has 1 aliphatic carbocycles. The normalized spacial score (nSPS) is 26.0. The second-order valence-corrected chi connectivity index (χ2v) is 5.89. The van der Waals surface area contributed by atoms with Crippen molar-refractivity contribution < 1.29 is 13.7 Å². The van der Waals surface area contributed by atoms with E-state index >= 15 is 0 Å². The van der Waals surface area contributed by atoms with Gasteiger partial charge in [0, 0.05) is 36.8 Å². The highest BCUT2D eigenvalue weighted by molar-refractivity contribution is 5.53. The van der Waals surface area contributed by atoms with Gasteiger partial charge < -0.3 is 5.32 Å². The Morgan fingerprint density at radius 2 is 2.05 bits per heavy atom. The Labute approximate surface area is 121 Å². The van der Waals surface area contributed by atoms with Crippen molar-refractivity contribution in [2.24, 2.45) is 0 Å². The van der Waals surface area contributed by atoms with Gasteiger partial charge >= 0.3 is 5.69 Å². The van der Waals surface area contributed by atoms with Crippen LogP contribution in [0.4, 0.5) is 20.2 Å². The van der Waals surface area contributed by atoms with Gasteiger partial charge in [-0.3, -0.25) is 15.0 Å². The van der Waals surface area contributed by atoms with Crippen LogP contribution in [0.15, 0.2) is 12.1 Å². The fourth-order valence-electron chi connectivity index (χ4n) is 3.08. The number of hydrogen-bond acceptors (Lipinski definition) is 4. The van der Waals surface area contributed by atoms with Crippen LogP contribution in [0.2, 0.25) is 0 Å². The number of halogens is 2. The van der Waals surface area contributed by atoms with Crippen molar-refractivity contribution >= 4 is 11.4 Å². The number of nitro benzene ring substituents is 1. The predicted octanol–water partition coefficient (Wildman–Crippen LogP) is 2.91. The first kappa shape index (κ1) is 14.2. The van der Waals surface area contributed by atoms with Crippen molar-refractivity contribution in [2.45, 2.75) is 44.3 Å². The van der Waals surface area contributed by atoms with Gasteiger partial charge in [0.1, 0.15) is 5.82 Å². The highest BCUT2D eigenvalue weighted by Gasteiger charge is 2.39. The summed E-state index contributed by atoms with van der Waals surface area (Å²) in [5, 5.41) is 13.7. The van der Waals surface area contributed by atoms with E-state index in [0.717, 1.165) is 19.0 Å². The summed E-state index contributed by atoms with van der Waals surface area (Å²) in [7, 11) is 0. The lowest BCUT2D eigenvalue weighted by atomic mass is 10.1. The summed E-state index contributed by atoms with van der Waals surface area (Å²) in [6.45, 7) is 2.92. The number of benzene rings is 1. The van der Waals surface area contributed by atoms with Crippen molar-refractivity contribution in [2.75, 3.05) is 11.9 Å². The van der Waals surface area contributed by atoms with Crippen LogP contribution in [0.5, 0.6) is 0 Å². The van der Waals surface area contributed by atoms with Crippen LogP contribution in [-0.4, -0.2) is 34.5 Å². The Balaban J connectivity index is 1.75. The quantitative estimate of drug-likeness (QED) is 0.686. The molecule has 1 aliphatic heterocycles. The van der Waals surface area contributed by atoms with E-state index in [1.165, 1.54) is 12.8 Å². The van der Waals surface area contributed by atoms with Crippen LogP contribution in [0.3, 0.4) is 0 Å². The third-order valence-electron chi connectivity index (χ3n) is 4.23. The van der Waals surface area contributed by atoms with Crippen LogP contribution >= 0.6 is 0 Å². The Hall–Kier alpha value is -1.76. The topological polar surface area (TPSA) is 58.4 Å². The maximum Gasteiger partial charge on any atom is 0.307 e. The Bertz CT molecular complexity index is 578. The number of nitrogens with one attached hydrogen (secondary N) is 1. The third-order valence-corrected chi connectivity index (χ3v) is 4.23. The molecule has 0 amide bonds. The molecule has 2 aliphatic rings. The number of hydrogen-bond donors (Lipinski definition) is 1. The largest absolute Gasteiger partial charge is 0.378 e. The molecule has 1 aromatic carbocycles. The van der Waals surface area contributed by atoms with Crippen LogP contribution in [0.1, 0.15) is 26.2 Å². The first-order valence-corrected chi connectivity index (χ1v) is 7.11. The van der Waals surface area contributed by atoms with Gasteiger partial charge in [-0.2, -0.15) is 4.39 Å². The average Bonchev–Trinajstić information content (AvgIpc) is 3.17. The highest BCUT2D eigenvalue weighted by atomic mass is 19.1. The predicted molar refractivity (Wildman–Crippen MR) is 74.2 cm³/mol. The summed E-state index contributed by atoms with van der Waals surface area (Å²) in [4.78, 5) is 12.3. The van der Waals surface area contributed by atoms with E-state index in [9.17, 15) is 18.9 Å². The van der Waals surface area contributed by atoms with Crippen LogP contribution < -0.4 is 5.32 Å². The monoisotopic (exact) mass is 297 g/mol. The van der Waals surface area contributed by atoms with E-state index in [4.69, 9.17) is 0 Å². The van der Waals surface area contributed by atoms with E-state index in [1.807, 2.05) is 0 Å². The summed E-state index contributed by atoms with van der Waals surface area (Å²) in [5.41, 5.74) is -0.707. The maximum absolute atomic E-state index is 13.8. The minimum absolute atomic E-state index is 0.00190. The van der Waals surface area contributed by atoms with Crippen LogP contribution in [-0.2, 0) is 0 Å². The van der Waals surface area contributed by atoms with E-state index in [0.29, 0.717) is 18.2 Å². The number of nitro groups is 1. The highest BCUT2D eigenvalue weighted by Crippen LogP contribution is 2.35. The van der Waals surface area contributed by atoms with E-state index < -0.39 is 22.2 Å². The molecule has 1 aromatic rings. The molecule has 7 heteroatoms. The molecule has 2 unspecified atom stereocenters. The molecule has 114 valence electrons. The molecule has 3 rings (SSSR count). The molecular formula is C14H17F2N3O2. The summed E-state index contributed by atoms with van der Waals surface area (Å²) in [5.74, 6) is -1.95. The van der Waals surface area contributed by atoms with E-state index in [2.05, 4.69) is 17.1 Å². The van der Waals surface area contributed by atoms with Gasteiger partial charge in [-0.15, -0.1) is 0 Å². The van der Waals surface area contributed by atoms with Crippen molar-refractivity contribution in [3.8, 4) is 0 Å². The molecule has 0 bridgehead atoms. The van der Waals surface area contributed by atoms with Gasteiger partial charge in [-0.25, -0.2) is 4.39 Å². The van der Waals surface area contributed by atoms with Gasteiger partial charge in [-0.05, 0) is 26.2 Å². The van der Waals surface area contributed by atoms with Gasteiger partial charge in [0.2, 0.25) is 5.82 Å². The second-order valence-electron chi connectivity index (χ2n) is 5.89. The summed E-state index contributed by atoms with van der Waals surface area (Å²) >= 11 is 0. The van der Waals surface area contributed by atoms with E-state index in [1.54, 1.807) is 0 Å². The van der Waals surface area contributed by atoms with Crippen molar-refractivity contribution in [3.63, 3.8) is 0 Å². The lowest BCUT2D eigenvalue weighted by Crippen LogP contribution is -2.31. The molecule has 1 saturated carbocycles. The Morgan fingerprint density at radius 1 is 1.33 bits per heavy atom. The first-order chi connectivity index (χ1) is 9.95. The minimum atomic E-state index is -1.15.